The Kier molecular flexibility index (Phi) is 5.41. The van der Waals surface area contributed by atoms with E-state index in [0.29, 0.717) is 44.9 Å². The summed E-state index contributed by atoms with van der Waals surface area (Å²) in [5.74, 6) is 0.0315. The number of aromatic nitrogens is 2. The molecule has 8 nitrogen and oxygen atoms in total. The van der Waals surface area contributed by atoms with Crippen molar-refractivity contribution in [2.24, 2.45) is 0 Å². The number of nitrogens with zero attached hydrogens (tertiary/aromatic N) is 2. The molecule has 8 heteroatoms. The minimum atomic E-state index is -0.743. The molecule has 0 saturated carbocycles. The highest BCUT2D eigenvalue weighted by Crippen LogP contribution is 2.41. The molecule has 2 N–H and O–H groups in total. The molecule has 0 aromatic carbocycles. The molecule has 140 valence electrons. The fourth-order valence-electron chi connectivity index (χ4n) is 3.32. The Morgan fingerprint density at radius 3 is 2.88 bits per heavy atom. The van der Waals surface area contributed by atoms with Gasteiger partial charge in [0.05, 0.1) is 6.33 Å². The summed E-state index contributed by atoms with van der Waals surface area (Å²) >= 11 is 0. The first kappa shape index (κ1) is 18.2. The first-order chi connectivity index (χ1) is 12.5. The van der Waals surface area contributed by atoms with Crippen LogP contribution in [0.5, 0.6) is 5.75 Å². The second-order valence-corrected chi connectivity index (χ2v) is 6.62. The van der Waals surface area contributed by atoms with Gasteiger partial charge in [-0.05, 0) is 19.8 Å². The second kappa shape index (κ2) is 7.74. The van der Waals surface area contributed by atoms with E-state index in [1.54, 1.807) is 19.4 Å². The zero-order valence-corrected chi connectivity index (χ0v) is 14.7. The van der Waals surface area contributed by atoms with Crippen LogP contribution in [0.25, 0.3) is 0 Å². The van der Waals surface area contributed by atoms with E-state index in [1.807, 2.05) is 10.8 Å². The third kappa shape index (κ3) is 3.96. The van der Waals surface area contributed by atoms with Crippen LogP contribution in [0.1, 0.15) is 30.8 Å². The number of nitrogens with one attached hydrogen (secondary N) is 1. The first-order valence-electron chi connectivity index (χ1n) is 8.64. The Morgan fingerprint density at radius 2 is 2.19 bits per heavy atom. The van der Waals surface area contributed by atoms with Crippen LogP contribution < -0.4 is 10.7 Å². The summed E-state index contributed by atoms with van der Waals surface area (Å²) in [5.41, 5.74) is -1.23. The van der Waals surface area contributed by atoms with Crippen molar-refractivity contribution in [1.29, 1.82) is 0 Å². The lowest BCUT2D eigenvalue weighted by molar-refractivity contribution is -0.123. The van der Waals surface area contributed by atoms with Gasteiger partial charge >= 0.3 is 0 Å². The van der Waals surface area contributed by atoms with Gasteiger partial charge in [-0.3, -0.25) is 9.59 Å². The van der Waals surface area contributed by atoms with Crippen molar-refractivity contribution in [2.75, 3.05) is 19.8 Å². The topological polar surface area (TPSA) is 107 Å². The number of aryl methyl sites for hydroxylation is 1. The van der Waals surface area contributed by atoms with Gasteiger partial charge in [0.15, 0.2) is 5.76 Å². The van der Waals surface area contributed by atoms with Gasteiger partial charge in [-0.25, -0.2) is 4.98 Å². The van der Waals surface area contributed by atoms with E-state index in [-0.39, 0.29) is 18.1 Å². The highest BCUT2D eigenvalue weighted by molar-refractivity contribution is 5.77. The van der Waals surface area contributed by atoms with Gasteiger partial charge < -0.3 is 24.1 Å². The van der Waals surface area contributed by atoms with Gasteiger partial charge in [0.2, 0.25) is 17.1 Å². The van der Waals surface area contributed by atoms with Gasteiger partial charge in [-0.2, -0.15) is 0 Å². The van der Waals surface area contributed by atoms with Gasteiger partial charge in [-0.1, -0.05) is 0 Å². The lowest BCUT2D eigenvalue weighted by atomic mass is 9.74. The average molecular weight is 361 g/mol. The van der Waals surface area contributed by atoms with Crippen LogP contribution in [-0.2, 0) is 21.5 Å². The SMILES string of the molecule is Cc1cc(=O)c(O)c(C2(CC(=O)NCCn3ccnc3)CCOCC2)o1. The number of carbonyl (C=O) groups is 1. The molecule has 1 aliphatic rings. The van der Waals surface area contributed by atoms with Gasteiger partial charge in [0.25, 0.3) is 0 Å². The molecule has 2 aromatic heterocycles. The molecule has 0 atom stereocenters. The molecule has 1 amide bonds. The van der Waals surface area contributed by atoms with Crippen LogP contribution in [0.2, 0.25) is 0 Å². The van der Waals surface area contributed by atoms with Crippen LogP contribution in [0.4, 0.5) is 0 Å². The van der Waals surface area contributed by atoms with Crippen molar-refractivity contribution in [3.8, 4) is 5.75 Å². The Hall–Kier alpha value is -2.61. The lowest BCUT2D eigenvalue weighted by Crippen LogP contribution is -2.40. The minimum Gasteiger partial charge on any atom is -0.502 e. The Balaban J connectivity index is 1.75. The number of imidazole rings is 1. The molecule has 0 bridgehead atoms. The summed E-state index contributed by atoms with van der Waals surface area (Å²) in [6.07, 6.45) is 6.32. The zero-order chi connectivity index (χ0) is 18.6. The highest BCUT2D eigenvalue weighted by atomic mass is 16.5. The molecule has 0 unspecified atom stereocenters. The summed E-state index contributed by atoms with van der Waals surface area (Å²) in [6, 6.07) is 1.25. The fraction of sp³-hybridized carbons (Fsp3) is 0.500. The number of carbonyl (C=O) groups excluding carboxylic acids is 1. The molecule has 0 spiro atoms. The zero-order valence-electron chi connectivity index (χ0n) is 14.7. The molecule has 1 fully saturated rings. The Bertz CT molecular complexity index is 807. The number of ether oxygens (including phenoxy) is 1. The number of hydrogen-bond donors (Lipinski definition) is 2. The van der Waals surface area contributed by atoms with Gasteiger partial charge in [0.1, 0.15) is 5.76 Å². The average Bonchev–Trinajstić information content (AvgIpc) is 3.12. The molecular weight excluding hydrogens is 338 g/mol. The van der Waals surface area contributed by atoms with E-state index in [9.17, 15) is 14.7 Å². The van der Waals surface area contributed by atoms with Crippen molar-refractivity contribution in [3.63, 3.8) is 0 Å². The summed E-state index contributed by atoms with van der Waals surface area (Å²) in [5, 5.41) is 13.1. The summed E-state index contributed by atoms with van der Waals surface area (Å²) < 4.78 is 13.0. The van der Waals surface area contributed by atoms with E-state index >= 15 is 0 Å². The molecule has 0 radical (unpaired) electrons. The third-order valence-electron chi connectivity index (χ3n) is 4.73. The molecule has 2 aromatic rings. The maximum absolute atomic E-state index is 12.5. The maximum atomic E-state index is 12.5. The molecule has 3 heterocycles. The summed E-state index contributed by atoms with van der Waals surface area (Å²) in [6.45, 7) is 3.62. The van der Waals surface area contributed by atoms with Crippen LogP contribution in [0, 0.1) is 6.92 Å². The minimum absolute atomic E-state index is 0.125. The molecule has 1 saturated heterocycles. The van der Waals surface area contributed by atoms with Gasteiger partial charge in [0, 0.05) is 56.6 Å². The van der Waals surface area contributed by atoms with Crippen LogP contribution in [0.3, 0.4) is 0 Å². The van der Waals surface area contributed by atoms with E-state index < -0.39 is 16.6 Å². The van der Waals surface area contributed by atoms with E-state index in [4.69, 9.17) is 9.15 Å². The van der Waals surface area contributed by atoms with Crippen molar-refractivity contribution in [1.82, 2.24) is 14.9 Å². The molecule has 26 heavy (non-hydrogen) atoms. The molecule has 1 aliphatic heterocycles. The van der Waals surface area contributed by atoms with E-state index in [2.05, 4.69) is 10.3 Å². The normalized spacial score (nSPS) is 16.3. The summed E-state index contributed by atoms with van der Waals surface area (Å²) in [4.78, 5) is 28.5. The fourth-order valence-corrected chi connectivity index (χ4v) is 3.32. The van der Waals surface area contributed by atoms with Crippen molar-refractivity contribution in [3.05, 3.63) is 46.5 Å². The van der Waals surface area contributed by atoms with E-state index in [0.717, 1.165) is 0 Å². The monoisotopic (exact) mass is 361 g/mol. The number of rotatable bonds is 6. The number of hydrogen-bond acceptors (Lipinski definition) is 6. The molecule has 0 aliphatic carbocycles. The third-order valence-corrected chi connectivity index (χ3v) is 4.73. The Labute approximate surface area is 150 Å². The quantitative estimate of drug-likeness (QED) is 0.798. The lowest BCUT2D eigenvalue weighted by Gasteiger charge is -2.35. The highest BCUT2D eigenvalue weighted by Gasteiger charge is 2.41. The largest absolute Gasteiger partial charge is 0.502 e. The predicted octanol–water partition coefficient (Wildman–Crippen LogP) is 1.11. The van der Waals surface area contributed by atoms with Crippen LogP contribution in [-0.4, -0.2) is 40.3 Å². The molecule has 3 rings (SSSR count). The van der Waals surface area contributed by atoms with Crippen molar-refractivity contribution >= 4 is 5.91 Å². The van der Waals surface area contributed by atoms with Crippen LogP contribution >= 0.6 is 0 Å². The Morgan fingerprint density at radius 1 is 1.42 bits per heavy atom. The number of amides is 1. The smallest absolute Gasteiger partial charge is 0.227 e. The standard InChI is InChI=1S/C18H23N3O5/c1-13-10-14(22)16(24)17(26-13)18(2-8-25-9-3-18)11-15(23)20-5-7-21-6-4-19-12-21/h4,6,10,12,24H,2-3,5,7-9,11H2,1H3,(H,20,23). The van der Waals surface area contributed by atoms with Crippen molar-refractivity contribution < 1.29 is 19.1 Å². The second-order valence-electron chi connectivity index (χ2n) is 6.62. The maximum Gasteiger partial charge on any atom is 0.227 e. The van der Waals surface area contributed by atoms with Crippen LogP contribution in [0.15, 0.2) is 34.0 Å². The van der Waals surface area contributed by atoms with E-state index in [1.165, 1.54) is 6.07 Å². The first-order valence-corrected chi connectivity index (χ1v) is 8.64. The predicted molar refractivity (Wildman–Crippen MR) is 93.0 cm³/mol. The summed E-state index contributed by atoms with van der Waals surface area (Å²) in [7, 11) is 0. The van der Waals surface area contributed by atoms with Crippen molar-refractivity contribution in [2.45, 2.75) is 38.1 Å². The number of aromatic hydroxyl groups is 1. The molecular formula is C18H23N3O5. The van der Waals surface area contributed by atoms with Gasteiger partial charge in [-0.15, -0.1) is 0 Å².